The number of ether oxygens (including phenoxy) is 1. The summed E-state index contributed by atoms with van der Waals surface area (Å²) in [5, 5.41) is 5.07. The van der Waals surface area contributed by atoms with Gasteiger partial charge in [-0.15, -0.1) is 0 Å². The lowest BCUT2D eigenvalue weighted by molar-refractivity contribution is 0.301. The van der Waals surface area contributed by atoms with Crippen molar-refractivity contribution in [2.24, 2.45) is 5.14 Å². The summed E-state index contributed by atoms with van der Waals surface area (Å²) in [7, 11) is -3.93. The van der Waals surface area contributed by atoms with Gasteiger partial charge in [0.1, 0.15) is 17.3 Å². The number of halogens is 3. The first-order valence-corrected chi connectivity index (χ1v) is 8.62. The van der Waals surface area contributed by atoms with Crippen LogP contribution in [-0.4, -0.2) is 13.4 Å². The van der Waals surface area contributed by atoms with Crippen molar-refractivity contribution in [3.05, 3.63) is 50.7 Å². The predicted molar refractivity (Wildman–Crippen MR) is 84.1 cm³/mol. The van der Waals surface area contributed by atoms with Crippen LogP contribution < -0.4 is 9.88 Å². The van der Waals surface area contributed by atoms with Gasteiger partial charge in [0.15, 0.2) is 0 Å². The fourth-order valence-electron chi connectivity index (χ4n) is 1.48. The maximum Gasteiger partial charge on any atom is 0.239 e. The Morgan fingerprint density at radius 2 is 1.95 bits per heavy atom. The summed E-state index contributed by atoms with van der Waals surface area (Å²) in [6.07, 6.45) is 1.64. The Morgan fingerprint density at radius 1 is 1.24 bits per heavy atom. The molecule has 0 aliphatic rings. The number of primary sulfonamides is 1. The van der Waals surface area contributed by atoms with Crippen molar-refractivity contribution in [3.63, 3.8) is 0 Å². The van der Waals surface area contributed by atoms with Crippen LogP contribution in [0.5, 0.6) is 5.75 Å². The van der Waals surface area contributed by atoms with Crippen LogP contribution in [0.15, 0.2) is 39.8 Å². The zero-order chi connectivity index (χ0) is 15.6. The minimum Gasteiger partial charge on any atom is -0.486 e. The maximum atomic E-state index is 11.3. The second-order valence-corrected chi connectivity index (χ2v) is 7.27. The van der Waals surface area contributed by atoms with Crippen LogP contribution in [0.4, 0.5) is 0 Å². The number of sulfonamides is 1. The Balaban J connectivity index is 2.21. The summed E-state index contributed by atoms with van der Waals surface area (Å²) >= 11 is 15.1. The molecular formula is C12H9BrCl2N2O3S. The van der Waals surface area contributed by atoms with E-state index in [9.17, 15) is 8.42 Å². The van der Waals surface area contributed by atoms with Crippen molar-refractivity contribution in [1.29, 1.82) is 0 Å². The lowest BCUT2D eigenvalue weighted by atomic mass is 10.3. The number of pyridine rings is 1. The van der Waals surface area contributed by atoms with E-state index in [1.54, 1.807) is 12.3 Å². The summed E-state index contributed by atoms with van der Waals surface area (Å²) in [4.78, 5) is 3.89. The maximum absolute atomic E-state index is 11.3. The molecule has 0 amide bonds. The topological polar surface area (TPSA) is 82.3 Å². The predicted octanol–water partition coefficient (Wildman–Crippen LogP) is 3.38. The summed E-state index contributed by atoms with van der Waals surface area (Å²) < 4.78 is 28.9. The van der Waals surface area contributed by atoms with Gasteiger partial charge in [-0.1, -0.05) is 23.2 Å². The lowest BCUT2D eigenvalue weighted by Crippen LogP contribution is -2.13. The Hall–Kier alpha value is -0.860. The quantitative estimate of drug-likeness (QED) is 0.835. The molecule has 2 N–H and O–H groups in total. The zero-order valence-electron chi connectivity index (χ0n) is 10.4. The van der Waals surface area contributed by atoms with Crippen LogP contribution in [0.1, 0.15) is 5.69 Å². The summed E-state index contributed by atoms with van der Waals surface area (Å²) in [6.45, 7) is 0.165. The van der Waals surface area contributed by atoms with Crippen LogP contribution in [0.2, 0.25) is 10.0 Å². The molecule has 0 saturated heterocycles. The van der Waals surface area contributed by atoms with Gasteiger partial charge in [0.05, 0.1) is 15.7 Å². The summed E-state index contributed by atoms with van der Waals surface area (Å²) in [5.74, 6) is 0.249. The third kappa shape index (κ3) is 4.31. The highest BCUT2D eigenvalue weighted by Crippen LogP contribution is 2.33. The fourth-order valence-corrected chi connectivity index (χ4v) is 3.09. The van der Waals surface area contributed by atoms with Gasteiger partial charge in [-0.2, -0.15) is 0 Å². The Morgan fingerprint density at radius 3 is 2.52 bits per heavy atom. The molecular weight excluding hydrogens is 403 g/mol. The minimum atomic E-state index is -3.93. The zero-order valence-corrected chi connectivity index (χ0v) is 14.3. The van der Waals surface area contributed by atoms with Crippen LogP contribution >= 0.6 is 39.1 Å². The fraction of sp³-hybridized carbons (Fsp3) is 0.0833. The highest BCUT2D eigenvalue weighted by molar-refractivity contribution is 9.10. The Bertz CT molecular complexity index is 767. The van der Waals surface area contributed by atoms with E-state index in [-0.39, 0.29) is 27.3 Å². The van der Waals surface area contributed by atoms with Crippen molar-refractivity contribution in [2.45, 2.75) is 11.5 Å². The van der Waals surface area contributed by atoms with Gasteiger partial charge >= 0.3 is 0 Å². The van der Waals surface area contributed by atoms with E-state index in [2.05, 4.69) is 20.9 Å². The number of nitrogens with two attached hydrogens (primary N) is 1. The molecule has 0 spiro atoms. The Labute approximate surface area is 140 Å². The molecule has 0 saturated carbocycles. The average molecular weight is 412 g/mol. The van der Waals surface area contributed by atoms with Crippen molar-refractivity contribution < 1.29 is 13.2 Å². The number of aromatic nitrogens is 1. The molecule has 21 heavy (non-hydrogen) atoms. The van der Waals surface area contributed by atoms with E-state index in [0.717, 1.165) is 10.5 Å². The van der Waals surface area contributed by atoms with E-state index in [1.807, 2.05) is 6.07 Å². The van der Waals surface area contributed by atoms with E-state index < -0.39 is 10.0 Å². The second kappa shape index (κ2) is 6.50. The molecule has 1 heterocycles. The molecule has 0 unspecified atom stereocenters. The highest BCUT2D eigenvalue weighted by Gasteiger charge is 2.17. The molecule has 0 fully saturated rings. The van der Waals surface area contributed by atoms with E-state index in [0.29, 0.717) is 5.69 Å². The normalized spacial score (nSPS) is 11.4. The highest BCUT2D eigenvalue weighted by atomic mass is 79.9. The van der Waals surface area contributed by atoms with Gasteiger partial charge in [0.25, 0.3) is 0 Å². The molecule has 2 rings (SSSR count). The summed E-state index contributed by atoms with van der Waals surface area (Å²) in [5.41, 5.74) is 0.681. The molecule has 1 aromatic heterocycles. The van der Waals surface area contributed by atoms with Crippen LogP contribution in [-0.2, 0) is 16.6 Å². The average Bonchev–Trinajstić information content (AvgIpc) is 2.40. The number of nitrogens with zero attached hydrogens (tertiary/aromatic N) is 1. The monoisotopic (exact) mass is 410 g/mol. The number of hydrogen-bond donors (Lipinski definition) is 1. The van der Waals surface area contributed by atoms with Crippen molar-refractivity contribution in [3.8, 4) is 5.75 Å². The van der Waals surface area contributed by atoms with Gasteiger partial charge in [0, 0.05) is 16.7 Å². The van der Waals surface area contributed by atoms with Gasteiger partial charge in [0.2, 0.25) is 10.0 Å². The largest absolute Gasteiger partial charge is 0.486 e. The third-order valence-corrected chi connectivity index (χ3v) is 4.60. The van der Waals surface area contributed by atoms with Crippen molar-refractivity contribution in [1.82, 2.24) is 4.98 Å². The Kier molecular flexibility index (Phi) is 5.11. The molecule has 5 nitrogen and oxygen atoms in total. The molecule has 112 valence electrons. The van der Waals surface area contributed by atoms with Gasteiger partial charge in [-0.3, -0.25) is 4.98 Å². The van der Waals surface area contributed by atoms with Crippen molar-refractivity contribution in [2.75, 3.05) is 0 Å². The third-order valence-electron chi connectivity index (χ3n) is 2.46. The molecule has 1 aromatic carbocycles. The smallest absolute Gasteiger partial charge is 0.239 e. The number of rotatable bonds is 4. The van der Waals surface area contributed by atoms with Crippen LogP contribution in [0.25, 0.3) is 0 Å². The number of hydrogen-bond acceptors (Lipinski definition) is 4. The van der Waals surface area contributed by atoms with E-state index in [4.69, 9.17) is 33.1 Å². The molecule has 0 radical (unpaired) electrons. The molecule has 0 bridgehead atoms. The van der Waals surface area contributed by atoms with Crippen LogP contribution in [0.3, 0.4) is 0 Å². The first-order valence-electron chi connectivity index (χ1n) is 5.52. The SMILES string of the molecule is NS(=O)(=O)c1cc(Cl)c(OCc2ccc(Br)cn2)cc1Cl. The van der Waals surface area contributed by atoms with E-state index >= 15 is 0 Å². The molecule has 0 aliphatic heterocycles. The second-order valence-electron chi connectivity index (χ2n) is 4.01. The van der Waals surface area contributed by atoms with Crippen molar-refractivity contribution >= 4 is 49.2 Å². The molecule has 0 aliphatic carbocycles. The lowest BCUT2D eigenvalue weighted by Gasteiger charge is -2.10. The van der Waals surface area contributed by atoms with Crippen LogP contribution in [0, 0.1) is 0 Å². The first-order chi connectivity index (χ1) is 9.77. The molecule has 0 atom stereocenters. The molecule has 9 heteroatoms. The molecule has 2 aromatic rings. The standard InChI is InChI=1S/C12H9BrCl2N2O3S/c13-7-1-2-8(17-5-7)6-20-11-3-10(15)12(4-9(11)14)21(16,18)19/h1-5H,6H2,(H2,16,18,19). The number of benzene rings is 1. The van der Waals surface area contributed by atoms with Gasteiger partial charge in [-0.05, 0) is 34.1 Å². The minimum absolute atomic E-state index is 0.0549. The summed E-state index contributed by atoms with van der Waals surface area (Å²) in [6, 6.07) is 6.06. The van der Waals surface area contributed by atoms with Gasteiger partial charge < -0.3 is 4.74 Å². The van der Waals surface area contributed by atoms with E-state index in [1.165, 1.54) is 6.07 Å². The van der Waals surface area contributed by atoms with Gasteiger partial charge in [-0.25, -0.2) is 13.6 Å². The first kappa shape index (κ1) is 16.5.